The highest BCUT2D eigenvalue weighted by Crippen LogP contribution is 2.44. The lowest BCUT2D eigenvalue weighted by molar-refractivity contribution is 0.669. The summed E-state index contributed by atoms with van der Waals surface area (Å²) >= 11 is 0. The van der Waals surface area contributed by atoms with Gasteiger partial charge in [-0.15, -0.1) is 0 Å². The fourth-order valence-corrected chi connectivity index (χ4v) is 9.12. The summed E-state index contributed by atoms with van der Waals surface area (Å²) in [4.78, 5) is 16.0. The van der Waals surface area contributed by atoms with Crippen LogP contribution in [-0.2, 0) is 0 Å². The maximum Gasteiger partial charge on any atom is 0.238 e. The molecule has 0 radical (unpaired) electrons. The van der Waals surface area contributed by atoms with Gasteiger partial charge in [0.15, 0.2) is 11.6 Å². The molecule has 0 amide bonds. The Hall–Kier alpha value is -8.09. The van der Waals surface area contributed by atoms with Crippen LogP contribution in [0.1, 0.15) is 13.8 Å². The average molecular weight is 785 g/mol. The molecule has 0 saturated carbocycles. The van der Waals surface area contributed by atoms with Gasteiger partial charge in [-0.25, -0.2) is 4.98 Å². The van der Waals surface area contributed by atoms with E-state index in [4.69, 9.17) is 23.8 Å². The van der Waals surface area contributed by atoms with Crippen molar-refractivity contribution in [1.82, 2.24) is 19.5 Å². The van der Waals surface area contributed by atoms with Crippen LogP contribution in [0.15, 0.2) is 191 Å². The van der Waals surface area contributed by atoms with E-state index in [2.05, 4.69) is 150 Å². The van der Waals surface area contributed by atoms with E-state index in [1.165, 1.54) is 0 Å². The number of rotatable bonds is 4. The van der Waals surface area contributed by atoms with Crippen molar-refractivity contribution in [3.05, 3.63) is 182 Å². The molecule has 0 fully saturated rings. The van der Waals surface area contributed by atoms with Crippen LogP contribution in [0.4, 0.5) is 0 Å². The van der Waals surface area contributed by atoms with Crippen LogP contribution in [0.25, 0.3) is 127 Å². The van der Waals surface area contributed by atoms with Gasteiger partial charge in [0.2, 0.25) is 5.95 Å². The normalized spacial score (nSPS) is 11.8. The first kappa shape index (κ1) is 34.9. The van der Waals surface area contributed by atoms with Crippen LogP contribution < -0.4 is 0 Å². The molecule has 9 aromatic carbocycles. The first-order valence-electron chi connectivity index (χ1n) is 20.8. The highest BCUT2D eigenvalue weighted by Gasteiger charge is 2.24. The summed E-state index contributed by atoms with van der Waals surface area (Å²) in [7, 11) is 0. The van der Waals surface area contributed by atoms with E-state index in [9.17, 15) is 0 Å². The Bertz CT molecular complexity index is 3870. The summed E-state index contributed by atoms with van der Waals surface area (Å²) in [6, 6.07) is 63.3. The van der Waals surface area contributed by atoms with Crippen LogP contribution >= 0.6 is 0 Å². The van der Waals surface area contributed by atoms with E-state index in [1.54, 1.807) is 0 Å². The fraction of sp³-hybridized carbons (Fsp3) is 0.0364. The van der Waals surface area contributed by atoms with Gasteiger partial charge in [-0.1, -0.05) is 166 Å². The minimum absolute atomic E-state index is 0.517. The summed E-state index contributed by atoms with van der Waals surface area (Å²) in [5, 5.41) is 11.0. The number of aromatic nitrogens is 4. The molecule has 13 aromatic rings. The second-order valence-electron chi connectivity index (χ2n) is 15.2. The number of benzene rings is 9. The Morgan fingerprint density at radius 1 is 0.361 bits per heavy atom. The van der Waals surface area contributed by atoms with Crippen LogP contribution in [0.3, 0.4) is 0 Å². The smallest absolute Gasteiger partial charge is 0.238 e. The molecular formula is C55H36N4O2. The fourth-order valence-electron chi connectivity index (χ4n) is 9.12. The number of hydrogen-bond acceptors (Lipinski definition) is 5. The number of nitrogens with zero attached hydrogens (tertiary/aromatic N) is 4. The Kier molecular flexibility index (Phi) is 7.87. The molecule has 0 spiro atoms. The van der Waals surface area contributed by atoms with Gasteiger partial charge in [0.25, 0.3) is 0 Å². The summed E-state index contributed by atoms with van der Waals surface area (Å²) < 4.78 is 15.3. The quantitative estimate of drug-likeness (QED) is 0.178. The van der Waals surface area contributed by atoms with Gasteiger partial charge in [0, 0.05) is 60.0 Å². The van der Waals surface area contributed by atoms with Crippen molar-refractivity contribution in [3.63, 3.8) is 0 Å². The molecule has 0 bridgehead atoms. The van der Waals surface area contributed by atoms with Crippen molar-refractivity contribution in [3.8, 4) is 39.9 Å². The second kappa shape index (κ2) is 13.8. The first-order chi connectivity index (χ1) is 30.2. The molecule has 0 aliphatic carbocycles. The number of furan rings is 2. The predicted molar refractivity (Wildman–Crippen MR) is 251 cm³/mol. The number of fused-ring (bicyclic) bond motifs is 12. The Labute approximate surface area is 350 Å². The van der Waals surface area contributed by atoms with E-state index in [0.29, 0.717) is 17.6 Å². The summed E-state index contributed by atoms with van der Waals surface area (Å²) in [5.74, 6) is 1.64. The van der Waals surface area contributed by atoms with E-state index in [0.717, 1.165) is 109 Å². The second-order valence-corrected chi connectivity index (χ2v) is 15.2. The van der Waals surface area contributed by atoms with Crippen LogP contribution in [0.2, 0.25) is 0 Å². The maximum atomic E-state index is 6.66. The van der Waals surface area contributed by atoms with Crippen LogP contribution in [0.5, 0.6) is 0 Å². The van der Waals surface area contributed by atoms with Gasteiger partial charge in [0.05, 0.1) is 11.0 Å². The number of para-hydroxylation sites is 4. The zero-order chi connectivity index (χ0) is 40.6. The van der Waals surface area contributed by atoms with Crippen LogP contribution in [-0.4, -0.2) is 19.5 Å². The third-order valence-electron chi connectivity index (χ3n) is 11.8. The first-order valence-corrected chi connectivity index (χ1v) is 20.8. The minimum Gasteiger partial charge on any atom is -0.456 e. The van der Waals surface area contributed by atoms with E-state index < -0.39 is 0 Å². The topological polar surface area (TPSA) is 69.9 Å². The molecule has 0 aliphatic heterocycles. The van der Waals surface area contributed by atoms with E-state index in [1.807, 2.05) is 50.2 Å². The average Bonchev–Trinajstić information content (AvgIpc) is 4.01. The SMILES string of the molecule is CC.c1ccc2cc(-c3nc(-c4ccc5c(c4)oc4ccccc45)nc(-n4c5c(-c6cccc7c6oc6ccccc67)cccc5c5ccc6ccccc6c54)n3)ccc2c1. The third-order valence-corrected chi connectivity index (χ3v) is 11.8. The molecule has 6 nitrogen and oxygen atoms in total. The van der Waals surface area contributed by atoms with E-state index >= 15 is 0 Å². The largest absolute Gasteiger partial charge is 0.456 e. The summed E-state index contributed by atoms with van der Waals surface area (Å²) in [6.45, 7) is 4.00. The van der Waals surface area contributed by atoms with Crippen molar-refractivity contribution < 1.29 is 8.83 Å². The molecule has 0 N–H and O–H groups in total. The van der Waals surface area contributed by atoms with Crippen molar-refractivity contribution in [1.29, 1.82) is 0 Å². The van der Waals surface area contributed by atoms with Crippen molar-refractivity contribution in [2.24, 2.45) is 0 Å². The minimum atomic E-state index is 0.517. The highest BCUT2D eigenvalue weighted by molar-refractivity contribution is 6.22. The van der Waals surface area contributed by atoms with Gasteiger partial charge in [-0.3, -0.25) is 4.57 Å². The monoisotopic (exact) mass is 784 g/mol. The number of hydrogen-bond donors (Lipinski definition) is 0. The van der Waals surface area contributed by atoms with Gasteiger partial charge in [-0.2, -0.15) is 9.97 Å². The van der Waals surface area contributed by atoms with Gasteiger partial charge < -0.3 is 8.83 Å². The molecule has 288 valence electrons. The highest BCUT2D eigenvalue weighted by atomic mass is 16.3. The Balaban J connectivity index is 0.00000197. The standard InChI is InChI=1S/C53H30N4O2.C2H6/c1-2-13-33-29-34(24-23-31(33)11-1)51-54-52(35-26-27-39-37-15-5-7-21-45(37)58-47(39)30-35)56-53(55-51)57-48-36-14-4-3-12-32(36)25-28-42(48)40-17-9-18-41(49(40)57)44-20-10-19-43-38-16-6-8-22-46(38)59-50(43)44;1-2/h1-30H;1-2H3. The Morgan fingerprint density at radius 3 is 1.70 bits per heavy atom. The molecule has 13 rings (SSSR count). The third kappa shape index (κ3) is 5.39. The van der Waals surface area contributed by atoms with Gasteiger partial charge in [0.1, 0.15) is 22.3 Å². The Morgan fingerprint density at radius 2 is 0.902 bits per heavy atom. The summed E-state index contributed by atoms with van der Waals surface area (Å²) in [5.41, 5.74) is 9.09. The summed E-state index contributed by atoms with van der Waals surface area (Å²) in [6.07, 6.45) is 0. The van der Waals surface area contributed by atoms with E-state index in [-0.39, 0.29) is 0 Å². The lowest BCUT2D eigenvalue weighted by atomic mass is 9.99. The molecule has 4 aromatic heterocycles. The predicted octanol–water partition coefficient (Wildman–Crippen LogP) is 15.1. The van der Waals surface area contributed by atoms with Gasteiger partial charge in [-0.05, 0) is 46.5 Å². The molecular weight excluding hydrogens is 749 g/mol. The van der Waals surface area contributed by atoms with Crippen molar-refractivity contribution >= 4 is 87.2 Å². The lowest BCUT2D eigenvalue weighted by Gasteiger charge is -2.14. The molecule has 0 saturated heterocycles. The molecule has 0 aliphatic rings. The maximum absolute atomic E-state index is 6.66. The molecule has 61 heavy (non-hydrogen) atoms. The van der Waals surface area contributed by atoms with Gasteiger partial charge >= 0.3 is 0 Å². The molecule has 0 atom stereocenters. The van der Waals surface area contributed by atoms with Crippen molar-refractivity contribution in [2.45, 2.75) is 13.8 Å². The zero-order valence-electron chi connectivity index (χ0n) is 33.4. The lowest BCUT2D eigenvalue weighted by Crippen LogP contribution is -2.07. The molecule has 0 unspecified atom stereocenters. The molecule has 6 heteroatoms. The zero-order valence-corrected chi connectivity index (χ0v) is 33.4. The van der Waals surface area contributed by atoms with Crippen LogP contribution in [0, 0.1) is 0 Å². The molecule has 4 heterocycles. The van der Waals surface area contributed by atoms with Crippen molar-refractivity contribution in [2.75, 3.05) is 0 Å².